The molecule has 0 aliphatic heterocycles. The van der Waals surface area contributed by atoms with E-state index in [1.165, 1.54) is 43.3 Å². The summed E-state index contributed by atoms with van der Waals surface area (Å²) in [5.74, 6) is -1.81. The number of hydrogen-bond acceptors (Lipinski definition) is 5. The van der Waals surface area contributed by atoms with Gasteiger partial charge in [-0.15, -0.1) is 0 Å². The van der Waals surface area contributed by atoms with Gasteiger partial charge in [0.15, 0.2) is 5.78 Å². The molecule has 0 bridgehead atoms. The first-order valence-corrected chi connectivity index (χ1v) is 9.03. The SMILES string of the molecule is CC(=O)c1ccc(NC(=O)C(=O)NCc2ccc(S(N)(=O)=O)cc2)cc1. The Morgan fingerprint density at radius 3 is 2.00 bits per heavy atom. The molecule has 4 N–H and O–H groups in total. The average Bonchev–Trinajstić information content (AvgIpc) is 2.59. The Kier molecular flexibility index (Phi) is 5.86. The monoisotopic (exact) mass is 375 g/mol. The van der Waals surface area contributed by atoms with Crippen LogP contribution >= 0.6 is 0 Å². The van der Waals surface area contributed by atoms with Crippen LogP contribution in [0.15, 0.2) is 53.4 Å². The quantitative estimate of drug-likeness (QED) is 0.524. The molecule has 0 atom stereocenters. The first-order chi connectivity index (χ1) is 12.2. The van der Waals surface area contributed by atoms with Crippen LogP contribution in [0.25, 0.3) is 0 Å². The van der Waals surface area contributed by atoms with Crippen LogP contribution in [0.1, 0.15) is 22.8 Å². The molecule has 0 saturated carbocycles. The minimum absolute atomic E-state index is 0.0421. The molecule has 26 heavy (non-hydrogen) atoms. The number of sulfonamides is 1. The standard InChI is InChI=1S/C17H17N3O5S/c1-11(21)13-4-6-14(7-5-13)20-17(23)16(22)19-10-12-2-8-15(9-3-12)26(18,24)25/h2-9H,10H2,1H3,(H,19,22)(H,20,23)(H2,18,24,25). The molecule has 0 fully saturated rings. The van der Waals surface area contributed by atoms with Crippen LogP contribution in [0.5, 0.6) is 0 Å². The Hall–Kier alpha value is -3.04. The summed E-state index contributed by atoms with van der Waals surface area (Å²) in [5.41, 5.74) is 1.48. The summed E-state index contributed by atoms with van der Waals surface area (Å²) in [5, 5.41) is 9.83. The van der Waals surface area contributed by atoms with Crippen molar-refractivity contribution in [1.82, 2.24) is 5.32 Å². The number of amides is 2. The maximum atomic E-state index is 11.9. The minimum atomic E-state index is -3.78. The summed E-state index contributed by atoms with van der Waals surface area (Å²) in [6.45, 7) is 1.47. The third kappa shape index (κ3) is 5.23. The lowest BCUT2D eigenvalue weighted by molar-refractivity contribution is -0.136. The van der Waals surface area contributed by atoms with Gasteiger partial charge >= 0.3 is 11.8 Å². The highest BCUT2D eigenvalue weighted by atomic mass is 32.2. The largest absolute Gasteiger partial charge is 0.344 e. The van der Waals surface area contributed by atoms with Crippen molar-refractivity contribution in [3.63, 3.8) is 0 Å². The Morgan fingerprint density at radius 2 is 1.50 bits per heavy atom. The van der Waals surface area contributed by atoms with Crippen LogP contribution in [-0.4, -0.2) is 26.0 Å². The normalized spacial score (nSPS) is 10.8. The zero-order chi connectivity index (χ0) is 19.3. The second-order valence-corrected chi connectivity index (χ2v) is 7.02. The molecule has 0 spiro atoms. The summed E-state index contributed by atoms with van der Waals surface area (Å²) in [6, 6.07) is 11.7. The summed E-state index contributed by atoms with van der Waals surface area (Å²) < 4.78 is 22.3. The molecule has 8 nitrogen and oxygen atoms in total. The highest BCUT2D eigenvalue weighted by molar-refractivity contribution is 7.89. The van der Waals surface area contributed by atoms with Gasteiger partial charge in [-0.25, -0.2) is 13.6 Å². The molecule has 0 aliphatic rings. The van der Waals surface area contributed by atoms with E-state index in [1.54, 1.807) is 12.1 Å². The van der Waals surface area contributed by atoms with E-state index in [0.29, 0.717) is 16.8 Å². The zero-order valence-electron chi connectivity index (χ0n) is 13.9. The predicted octanol–water partition coefficient (Wildman–Crippen LogP) is 0.792. The van der Waals surface area contributed by atoms with Gasteiger partial charge in [0.05, 0.1) is 4.90 Å². The Balaban J connectivity index is 1.90. The maximum absolute atomic E-state index is 11.9. The van der Waals surface area contributed by atoms with Crippen molar-refractivity contribution >= 4 is 33.3 Å². The van der Waals surface area contributed by atoms with Crippen LogP contribution in [0.4, 0.5) is 5.69 Å². The average molecular weight is 375 g/mol. The molecular formula is C17H17N3O5S. The fourth-order valence-corrected chi connectivity index (χ4v) is 2.55. The van der Waals surface area contributed by atoms with Gasteiger partial charge in [-0.05, 0) is 48.9 Å². The summed E-state index contributed by atoms with van der Waals surface area (Å²) >= 11 is 0. The van der Waals surface area contributed by atoms with Gasteiger partial charge in [-0.3, -0.25) is 14.4 Å². The van der Waals surface area contributed by atoms with Crippen molar-refractivity contribution in [2.75, 3.05) is 5.32 Å². The van der Waals surface area contributed by atoms with Crippen LogP contribution in [0, 0.1) is 0 Å². The molecule has 136 valence electrons. The molecule has 9 heteroatoms. The fraction of sp³-hybridized carbons (Fsp3) is 0.118. The van der Waals surface area contributed by atoms with Crippen LogP contribution in [0.3, 0.4) is 0 Å². The minimum Gasteiger partial charge on any atom is -0.344 e. The van der Waals surface area contributed by atoms with E-state index in [0.717, 1.165) is 0 Å². The number of nitrogens with two attached hydrogens (primary N) is 1. The van der Waals surface area contributed by atoms with Gasteiger partial charge in [0.1, 0.15) is 0 Å². The lowest BCUT2D eigenvalue weighted by atomic mass is 10.1. The van der Waals surface area contributed by atoms with E-state index in [2.05, 4.69) is 10.6 Å². The summed E-state index contributed by atoms with van der Waals surface area (Å²) in [6.07, 6.45) is 0. The molecule has 0 aliphatic carbocycles. The number of hydrogen-bond donors (Lipinski definition) is 3. The number of nitrogens with one attached hydrogen (secondary N) is 2. The Morgan fingerprint density at radius 1 is 0.923 bits per heavy atom. The van der Waals surface area contributed by atoms with Gasteiger partial charge in [0, 0.05) is 17.8 Å². The van der Waals surface area contributed by atoms with E-state index >= 15 is 0 Å². The molecule has 2 aromatic rings. The highest BCUT2D eigenvalue weighted by Gasteiger charge is 2.14. The lowest BCUT2D eigenvalue weighted by Crippen LogP contribution is -2.34. The van der Waals surface area contributed by atoms with Crippen LogP contribution < -0.4 is 15.8 Å². The molecule has 0 heterocycles. The first kappa shape index (κ1) is 19.3. The number of carbonyl (C=O) groups excluding carboxylic acids is 3. The van der Waals surface area contributed by atoms with Crippen molar-refractivity contribution < 1.29 is 22.8 Å². The van der Waals surface area contributed by atoms with Crippen molar-refractivity contribution in [3.8, 4) is 0 Å². The summed E-state index contributed by atoms with van der Waals surface area (Å²) in [4.78, 5) is 34.8. The topological polar surface area (TPSA) is 135 Å². The lowest BCUT2D eigenvalue weighted by Gasteiger charge is -2.07. The van der Waals surface area contributed by atoms with Crippen molar-refractivity contribution in [1.29, 1.82) is 0 Å². The number of rotatable bonds is 5. The molecule has 0 saturated heterocycles. The highest BCUT2D eigenvalue weighted by Crippen LogP contribution is 2.10. The van der Waals surface area contributed by atoms with Gasteiger partial charge in [0.25, 0.3) is 0 Å². The molecule has 0 unspecified atom stereocenters. The number of ketones is 1. The number of Topliss-reactive ketones (excluding diaryl/α,β-unsaturated/α-hetero) is 1. The van der Waals surface area contributed by atoms with E-state index in [9.17, 15) is 22.8 Å². The third-order valence-electron chi connectivity index (χ3n) is 3.46. The van der Waals surface area contributed by atoms with Crippen molar-refractivity contribution in [2.45, 2.75) is 18.4 Å². The number of anilines is 1. The van der Waals surface area contributed by atoms with Gasteiger partial charge in [-0.1, -0.05) is 12.1 Å². The molecule has 2 amide bonds. The zero-order valence-corrected chi connectivity index (χ0v) is 14.7. The molecule has 0 radical (unpaired) electrons. The van der Waals surface area contributed by atoms with Crippen LogP contribution in [0.2, 0.25) is 0 Å². The van der Waals surface area contributed by atoms with E-state index in [4.69, 9.17) is 5.14 Å². The second kappa shape index (κ2) is 7.89. The molecule has 0 aromatic heterocycles. The third-order valence-corrected chi connectivity index (χ3v) is 4.39. The Labute approximate surface area is 150 Å². The van der Waals surface area contributed by atoms with E-state index in [-0.39, 0.29) is 17.2 Å². The molecule has 2 rings (SSSR count). The first-order valence-electron chi connectivity index (χ1n) is 7.49. The van der Waals surface area contributed by atoms with Gasteiger partial charge in [-0.2, -0.15) is 0 Å². The smallest absolute Gasteiger partial charge is 0.313 e. The van der Waals surface area contributed by atoms with E-state index in [1.807, 2.05) is 0 Å². The van der Waals surface area contributed by atoms with E-state index < -0.39 is 21.8 Å². The van der Waals surface area contributed by atoms with Crippen LogP contribution in [-0.2, 0) is 26.2 Å². The van der Waals surface area contributed by atoms with Gasteiger partial charge < -0.3 is 10.6 Å². The number of primary sulfonamides is 1. The fourth-order valence-electron chi connectivity index (χ4n) is 2.04. The molecular weight excluding hydrogens is 358 g/mol. The number of benzene rings is 2. The van der Waals surface area contributed by atoms with Gasteiger partial charge in [0.2, 0.25) is 10.0 Å². The second-order valence-electron chi connectivity index (χ2n) is 5.46. The molecule has 2 aromatic carbocycles. The van der Waals surface area contributed by atoms with Crippen molar-refractivity contribution in [3.05, 3.63) is 59.7 Å². The maximum Gasteiger partial charge on any atom is 0.313 e. The number of carbonyl (C=O) groups is 3. The Bertz CT molecular complexity index is 935. The van der Waals surface area contributed by atoms with Crippen molar-refractivity contribution in [2.24, 2.45) is 5.14 Å². The predicted molar refractivity (Wildman–Crippen MR) is 94.7 cm³/mol. The summed E-state index contributed by atoms with van der Waals surface area (Å²) in [7, 11) is -3.78.